The first-order chi connectivity index (χ1) is 15.1. The normalized spacial score (nSPS) is 18.1. The second-order valence-electron chi connectivity index (χ2n) is 7.38. The Bertz CT molecular complexity index is 937. The van der Waals surface area contributed by atoms with E-state index in [1.165, 1.54) is 12.1 Å². The standard InChI is InChI=1S/C23H24F3IO4S/c1-14(2)16(11-28-18-6-4-17(5-7-18)23(24,25)26)13-32-19-8-9-21(20(27)10-19)29-12-22-30-15(3)31-22/h4-10,15,22H,11-13H2,1-3H3. The van der Waals surface area contributed by atoms with Crippen LogP contribution in [0.15, 0.2) is 58.5 Å². The highest BCUT2D eigenvalue weighted by Crippen LogP contribution is 2.31. The van der Waals surface area contributed by atoms with Crippen LogP contribution >= 0.6 is 34.4 Å². The molecule has 1 fully saturated rings. The Morgan fingerprint density at radius 1 is 1.06 bits per heavy atom. The molecule has 2 aromatic rings. The van der Waals surface area contributed by atoms with Crippen LogP contribution in [0.5, 0.6) is 11.5 Å². The summed E-state index contributed by atoms with van der Waals surface area (Å²) in [4.78, 5) is 1.08. The molecule has 0 unspecified atom stereocenters. The Kier molecular flexibility index (Phi) is 8.76. The summed E-state index contributed by atoms with van der Waals surface area (Å²) in [6.45, 7) is 6.49. The molecule has 0 N–H and O–H groups in total. The van der Waals surface area contributed by atoms with Crippen LogP contribution in [0.1, 0.15) is 26.3 Å². The van der Waals surface area contributed by atoms with Gasteiger partial charge in [0.25, 0.3) is 0 Å². The molecular weight excluding hydrogens is 556 g/mol. The van der Waals surface area contributed by atoms with E-state index in [0.717, 1.165) is 37.5 Å². The first kappa shape index (κ1) is 25.2. The van der Waals surface area contributed by atoms with Gasteiger partial charge in [0, 0.05) is 10.6 Å². The number of halogens is 4. The molecular formula is C23H24F3IO4S. The molecule has 0 atom stereocenters. The number of benzene rings is 2. The molecule has 9 heteroatoms. The monoisotopic (exact) mass is 580 g/mol. The Morgan fingerprint density at radius 3 is 2.31 bits per heavy atom. The second-order valence-corrected chi connectivity index (χ2v) is 9.59. The van der Waals surface area contributed by atoms with Crippen molar-refractivity contribution in [2.75, 3.05) is 19.0 Å². The summed E-state index contributed by atoms with van der Waals surface area (Å²) < 4.78 is 61.3. The number of hydrogen-bond acceptors (Lipinski definition) is 5. The van der Waals surface area contributed by atoms with Crippen molar-refractivity contribution >= 4 is 34.4 Å². The fourth-order valence-corrected chi connectivity index (χ4v) is 4.73. The van der Waals surface area contributed by atoms with Gasteiger partial charge < -0.3 is 18.9 Å². The summed E-state index contributed by atoms with van der Waals surface area (Å²) >= 11 is 3.90. The molecule has 1 aliphatic heterocycles. The minimum Gasteiger partial charge on any atom is -0.489 e. The Morgan fingerprint density at radius 2 is 1.75 bits per heavy atom. The van der Waals surface area contributed by atoms with Gasteiger partial charge in [-0.3, -0.25) is 0 Å². The number of ether oxygens (including phenoxy) is 4. The largest absolute Gasteiger partial charge is 0.489 e. The van der Waals surface area contributed by atoms with Crippen molar-refractivity contribution in [3.05, 3.63) is 62.7 Å². The van der Waals surface area contributed by atoms with E-state index < -0.39 is 11.7 Å². The minimum atomic E-state index is -4.35. The maximum absolute atomic E-state index is 12.7. The molecule has 32 heavy (non-hydrogen) atoms. The molecule has 4 nitrogen and oxygen atoms in total. The molecule has 3 rings (SSSR count). The van der Waals surface area contributed by atoms with Gasteiger partial charge in [0.05, 0.1) is 9.13 Å². The molecule has 0 radical (unpaired) electrons. The Hall–Kier alpha value is -1.43. The van der Waals surface area contributed by atoms with Crippen molar-refractivity contribution in [2.24, 2.45) is 0 Å². The quantitative estimate of drug-likeness (QED) is 0.183. The summed E-state index contributed by atoms with van der Waals surface area (Å²) in [5.74, 6) is 1.89. The number of rotatable bonds is 9. The zero-order valence-corrected chi connectivity index (χ0v) is 20.8. The highest BCUT2D eigenvalue weighted by molar-refractivity contribution is 14.1. The average molecular weight is 580 g/mol. The first-order valence-electron chi connectivity index (χ1n) is 9.93. The molecule has 1 heterocycles. The van der Waals surface area contributed by atoms with Crippen LogP contribution in [-0.4, -0.2) is 31.5 Å². The number of alkyl halides is 3. The highest BCUT2D eigenvalue weighted by Gasteiger charge is 2.30. The summed E-state index contributed by atoms with van der Waals surface area (Å²) in [6.07, 6.45) is -4.84. The van der Waals surface area contributed by atoms with Crippen LogP contribution in [0.3, 0.4) is 0 Å². The summed E-state index contributed by atoms with van der Waals surface area (Å²) in [7, 11) is 0. The van der Waals surface area contributed by atoms with E-state index in [1.54, 1.807) is 11.8 Å². The van der Waals surface area contributed by atoms with E-state index in [2.05, 4.69) is 22.6 Å². The molecule has 1 aliphatic rings. The van der Waals surface area contributed by atoms with Gasteiger partial charge in [-0.25, -0.2) is 0 Å². The van der Waals surface area contributed by atoms with Gasteiger partial charge in [0.2, 0.25) is 0 Å². The molecule has 1 saturated heterocycles. The predicted octanol–water partition coefficient (Wildman–Crippen LogP) is 6.92. The fraction of sp³-hybridized carbons (Fsp3) is 0.391. The molecule has 0 spiro atoms. The van der Waals surface area contributed by atoms with Crippen molar-refractivity contribution in [1.82, 2.24) is 0 Å². The SMILES string of the molecule is CC(C)=C(COc1ccc(C(F)(F)F)cc1)CSc1ccc(OCC2OC(C)O2)c(I)c1. The molecule has 0 aromatic heterocycles. The lowest BCUT2D eigenvalue weighted by molar-refractivity contribution is -0.380. The maximum Gasteiger partial charge on any atom is 0.416 e. The van der Waals surface area contributed by atoms with E-state index in [0.29, 0.717) is 24.7 Å². The summed E-state index contributed by atoms with van der Waals surface area (Å²) in [5, 5.41) is 0. The smallest absolute Gasteiger partial charge is 0.416 e. The highest BCUT2D eigenvalue weighted by atomic mass is 127. The van der Waals surface area contributed by atoms with Gasteiger partial charge in [0.15, 0.2) is 12.6 Å². The van der Waals surface area contributed by atoms with Gasteiger partial charge in [-0.2, -0.15) is 13.2 Å². The zero-order valence-electron chi connectivity index (χ0n) is 17.9. The Labute approximate surface area is 203 Å². The first-order valence-corrected chi connectivity index (χ1v) is 12.0. The molecule has 2 aromatic carbocycles. The zero-order chi connectivity index (χ0) is 23.3. The van der Waals surface area contributed by atoms with E-state index in [9.17, 15) is 13.2 Å². The summed E-state index contributed by atoms with van der Waals surface area (Å²) in [6, 6.07) is 10.7. The lowest BCUT2D eigenvalue weighted by Crippen LogP contribution is -2.42. The van der Waals surface area contributed by atoms with Crippen LogP contribution in [0.4, 0.5) is 13.2 Å². The van der Waals surface area contributed by atoms with E-state index in [1.807, 2.05) is 39.0 Å². The predicted molar refractivity (Wildman–Crippen MR) is 126 cm³/mol. The van der Waals surface area contributed by atoms with Crippen molar-refractivity contribution in [3.63, 3.8) is 0 Å². The lowest BCUT2D eigenvalue weighted by Gasteiger charge is -2.33. The average Bonchev–Trinajstić information content (AvgIpc) is 2.70. The topological polar surface area (TPSA) is 36.9 Å². The molecule has 174 valence electrons. The molecule has 0 saturated carbocycles. The summed E-state index contributed by atoms with van der Waals surface area (Å²) in [5.41, 5.74) is 1.51. The van der Waals surface area contributed by atoms with Gasteiger partial charge >= 0.3 is 6.18 Å². The minimum absolute atomic E-state index is 0.172. The van der Waals surface area contributed by atoms with E-state index in [-0.39, 0.29) is 12.6 Å². The van der Waals surface area contributed by atoms with Gasteiger partial charge in [-0.1, -0.05) is 5.57 Å². The van der Waals surface area contributed by atoms with Crippen LogP contribution in [0.25, 0.3) is 0 Å². The molecule has 0 aliphatic carbocycles. The van der Waals surface area contributed by atoms with E-state index >= 15 is 0 Å². The maximum atomic E-state index is 12.7. The van der Waals surface area contributed by atoms with Crippen molar-refractivity contribution in [1.29, 1.82) is 0 Å². The lowest BCUT2D eigenvalue weighted by atomic mass is 10.2. The Balaban J connectivity index is 1.51. The third kappa shape index (κ3) is 7.29. The fourth-order valence-electron chi connectivity index (χ4n) is 2.77. The number of allylic oxidation sites excluding steroid dienone is 1. The number of hydrogen-bond donors (Lipinski definition) is 0. The van der Waals surface area contributed by atoms with Crippen molar-refractivity contribution in [3.8, 4) is 11.5 Å². The van der Waals surface area contributed by atoms with Crippen LogP contribution in [-0.2, 0) is 15.7 Å². The van der Waals surface area contributed by atoms with Crippen LogP contribution < -0.4 is 9.47 Å². The second kappa shape index (κ2) is 11.1. The van der Waals surface area contributed by atoms with Crippen molar-refractivity contribution < 1.29 is 32.1 Å². The van der Waals surface area contributed by atoms with Gasteiger partial charge in [-0.05, 0) is 91.4 Å². The van der Waals surface area contributed by atoms with Crippen molar-refractivity contribution in [2.45, 2.75) is 44.4 Å². The van der Waals surface area contributed by atoms with Gasteiger partial charge in [0.1, 0.15) is 24.7 Å². The third-order valence-electron chi connectivity index (χ3n) is 4.68. The van der Waals surface area contributed by atoms with E-state index in [4.69, 9.17) is 18.9 Å². The third-order valence-corrected chi connectivity index (χ3v) is 6.60. The van der Waals surface area contributed by atoms with Gasteiger partial charge in [-0.15, -0.1) is 11.8 Å². The molecule has 0 amide bonds. The molecule has 0 bridgehead atoms. The van der Waals surface area contributed by atoms with Crippen LogP contribution in [0.2, 0.25) is 0 Å². The number of thioether (sulfide) groups is 1. The van der Waals surface area contributed by atoms with Crippen LogP contribution in [0, 0.1) is 3.57 Å².